The Balaban J connectivity index is 1.28. The first-order valence-electron chi connectivity index (χ1n) is 12.9. The molecule has 2 aliphatic heterocycles. The number of amides is 2. The quantitative estimate of drug-likeness (QED) is 0.498. The van der Waals surface area contributed by atoms with Gasteiger partial charge in [-0.3, -0.25) is 9.59 Å². The Hall–Kier alpha value is -4.09. The van der Waals surface area contributed by atoms with E-state index in [2.05, 4.69) is 27.5 Å². The number of carbonyl (C=O) groups excluding carboxylic acids is 2. The van der Waals surface area contributed by atoms with Crippen LogP contribution in [0, 0.1) is 23.5 Å². The summed E-state index contributed by atoms with van der Waals surface area (Å²) in [6.07, 6.45) is 2.84. The van der Waals surface area contributed by atoms with Gasteiger partial charge >= 0.3 is 0 Å². The predicted octanol–water partition coefficient (Wildman–Crippen LogP) is 3.83. The van der Waals surface area contributed by atoms with Gasteiger partial charge in [0.25, 0.3) is 0 Å². The summed E-state index contributed by atoms with van der Waals surface area (Å²) < 4.78 is 28.2. The van der Waals surface area contributed by atoms with Crippen LogP contribution in [0.15, 0.2) is 54.7 Å². The molecule has 3 aromatic rings. The fraction of sp³-hybridized carbons (Fsp3) is 0.323. The highest BCUT2D eigenvalue weighted by molar-refractivity contribution is 6.06. The van der Waals surface area contributed by atoms with Crippen molar-refractivity contribution >= 4 is 17.6 Å². The van der Waals surface area contributed by atoms with Crippen LogP contribution in [-0.2, 0) is 33.4 Å². The number of nitrogens with zero attached hydrogens (tertiary/aromatic N) is 2. The third-order valence-electron chi connectivity index (χ3n) is 8.39. The lowest BCUT2D eigenvalue weighted by Gasteiger charge is -2.50. The highest BCUT2D eigenvalue weighted by Crippen LogP contribution is 2.46. The topological polar surface area (TPSA) is 74.3 Å². The number of pyridine rings is 1. The van der Waals surface area contributed by atoms with E-state index in [1.165, 1.54) is 12.1 Å². The standard InChI is InChI=1S/C31H28F2N4O2/c1-29(2)28(39)37(30(3,18-35-29)22-13-23(32)15-24(33)14-22)11-5-6-19-8-9-20-16-31(17-21(20)12-19)25-7-4-10-34-26(25)36-27(31)38/h4,7-10,12-15,35H,11,16-18H2,1-3H3,(H,34,36,38)/t30-,31+/m0/s1. The number of fused-ring (bicyclic) bond motifs is 3. The van der Waals surface area contributed by atoms with Gasteiger partial charge in [-0.15, -0.1) is 0 Å². The van der Waals surface area contributed by atoms with Crippen molar-refractivity contribution in [2.75, 3.05) is 18.4 Å². The van der Waals surface area contributed by atoms with Gasteiger partial charge in [0, 0.05) is 29.9 Å². The molecule has 39 heavy (non-hydrogen) atoms. The van der Waals surface area contributed by atoms with Gasteiger partial charge in [-0.2, -0.15) is 0 Å². The van der Waals surface area contributed by atoms with Crippen molar-refractivity contribution in [2.45, 2.75) is 50.1 Å². The Morgan fingerprint density at radius 1 is 1.00 bits per heavy atom. The summed E-state index contributed by atoms with van der Waals surface area (Å²) in [5.74, 6) is 5.29. The van der Waals surface area contributed by atoms with Gasteiger partial charge in [-0.05, 0) is 80.6 Å². The van der Waals surface area contributed by atoms with Crippen LogP contribution in [0.4, 0.5) is 14.6 Å². The summed E-state index contributed by atoms with van der Waals surface area (Å²) >= 11 is 0. The average molecular weight is 527 g/mol. The minimum Gasteiger partial charge on any atom is -0.319 e. The number of hydrogen-bond acceptors (Lipinski definition) is 4. The number of piperazine rings is 1. The zero-order valence-corrected chi connectivity index (χ0v) is 22.0. The molecule has 8 heteroatoms. The molecule has 1 spiro atoms. The maximum Gasteiger partial charge on any atom is 0.243 e. The van der Waals surface area contributed by atoms with Gasteiger partial charge in [0.15, 0.2) is 0 Å². The number of anilines is 1. The van der Waals surface area contributed by atoms with Gasteiger partial charge in [-0.25, -0.2) is 13.8 Å². The van der Waals surface area contributed by atoms with Crippen LogP contribution in [-0.4, -0.2) is 40.3 Å². The molecule has 1 aromatic heterocycles. The largest absolute Gasteiger partial charge is 0.319 e. The average Bonchev–Trinajstić information content (AvgIpc) is 3.40. The van der Waals surface area contributed by atoms with Gasteiger partial charge in [0.05, 0.1) is 23.0 Å². The molecule has 6 rings (SSSR count). The molecule has 1 saturated heterocycles. The summed E-state index contributed by atoms with van der Waals surface area (Å²) in [5, 5.41) is 6.14. The molecule has 1 fully saturated rings. The van der Waals surface area contributed by atoms with E-state index in [1.54, 1.807) is 31.9 Å². The molecule has 3 aliphatic rings. The fourth-order valence-corrected chi connectivity index (χ4v) is 6.06. The van der Waals surface area contributed by atoms with Crippen LogP contribution in [0.3, 0.4) is 0 Å². The smallest absolute Gasteiger partial charge is 0.243 e. The number of hydrogen-bond donors (Lipinski definition) is 2. The molecular weight excluding hydrogens is 498 g/mol. The highest BCUT2D eigenvalue weighted by Gasteiger charge is 2.51. The molecule has 0 saturated carbocycles. The van der Waals surface area contributed by atoms with Crippen LogP contribution in [0.2, 0.25) is 0 Å². The summed E-state index contributed by atoms with van der Waals surface area (Å²) in [5.41, 5.74) is 1.74. The van der Waals surface area contributed by atoms with Crippen LogP contribution in [0.25, 0.3) is 0 Å². The highest BCUT2D eigenvalue weighted by atomic mass is 19.1. The van der Waals surface area contributed by atoms with E-state index in [9.17, 15) is 18.4 Å². The third-order valence-corrected chi connectivity index (χ3v) is 8.39. The zero-order chi connectivity index (χ0) is 27.6. The third kappa shape index (κ3) is 4.00. The second-order valence-electron chi connectivity index (χ2n) is 11.4. The first-order valence-corrected chi connectivity index (χ1v) is 12.9. The summed E-state index contributed by atoms with van der Waals surface area (Å²) in [6, 6.07) is 13.1. The van der Waals surface area contributed by atoms with Gasteiger partial charge in [0.2, 0.25) is 11.8 Å². The Labute approximate surface area is 225 Å². The first-order chi connectivity index (χ1) is 18.5. The van der Waals surface area contributed by atoms with Crippen molar-refractivity contribution < 1.29 is 18.4 Å². The number of benzene rings is 2. The van der Waals surface area contributed by atoms with E-state index in [0.29, 0.717) is 30.8 Å². The normalized spacial score (nSPS) is 24.7. The first kappa shape index (κ1) is 25.2. The van der Waals surface area contributed by atoms with Crippen molar-refractivity contribution in [3.05, 3.63) is 94.2 Å². The van der Waals surface area contributed by atoms with Gasteiger partial charge < -0.3 is 15.5 Å². The molecule has 0 bridgehead atoms. The SMILES string of the molecule is CC1(C)NC[C@@](C)(c2cc(F)cc(F)c2)N(CC#Cc2ccc3c(c2)C[C@@]2(C3)C(=O)Nc3ncccc32)C1=O. The number of nitrogens with one attached hydrogen (secondary N) is 2. The predicted molar refractivity (Wildman–Crippen MR) is 143 cm³/mol. The summed E-state index contributed by atoms with van der Waals surface area (Å²) in [4.78, 5) is 32.4. The van der Waals surface area contributed by atoms with E-state index in [4.69, 9.17) is 0 Å². The molecule has 2 atom stereocenters. The van der Waals surface area contributed by atoms with Crippen molar-refractivity contribution in [1.82, 2.24) is 15.2 Å². The summed E-state index contributed by atoms with van der Waals surface area (Å²) in [6.45, 7) is 5.75. The van der Waals surface area contributed by atoms with Crippen molar-refractivity contribution in [2.24, 2.45) is 0 Å². The number of aromatic nitrogens is 1. The van der Waals surface area contributed by atoms with Crippen molar-refractivity contribution in [3.8, 4) is 11.8 Å². The Kier molecular flexibility index (Phi) is 5.63. The maximum absolute atomic E-state index is 14.1. The Morgan fingerprint density at radius 3 is 2.51 bits per heavy atom. The lowest BCUT2D eigenvalue weighted by molar-refractivity contribution is -0.148. The monoisotopic (exact) mass is 526 g/mol. The zero-order valence-electron chi connectivity index (χ0n) is 22.0. The minimum absolute atomic E-state index is 0.0343. The molecule has 0 radical (unpaired) electrons. The van der Waals surface area contributed by atoms with E-state index in [1.807, 2.05) is 30.3 Å². The molecule has 3 heterocycles. The van der Waals surface area contributed by atoms with Crippen LogP contribution >= 0.6 is 0 Å². The molecule has 2 amide bonds. The minimum atomic E-state index is -0.994. The number of halogens is 2. The van der Waals surface area contributed by atoms with Crippen molar-refractivity contribution in [3.63, 3.8) is 0 Å². The fourth-order valence-electron chi connectivity index (χ4n) is 6.06. The van der Waals surface area contributed by atoms with Crippen molar-refractivity contribution in [1.29, 1.82) is 0 Å². The van der Waals surface area contributed by atoms with Gasteiger partial charge in [-0.1, -0.05) is 24.0 Å². The number of rotatable bonds is 2. The van der Waals surface area contributed by atoms with Crippen LogP contribution < -0.4 is 10.6 Å². The number of carbonyl (C=O) groups is 2. The van der Waals surface area contributed by atoms with E-state index >= 15 is 0 Å². The Morgan fingerprint density at radius 2 is 1.74 bits per heavy atom. The molecule has 2 N–H and O–H groups in total. The lowest BCUT2D eigenvalue weighted by Crippen LogP contribution is -2.69. The molecule has 6 nitrogen and oxygen atoms in total. The second-order valence-corrected chi connectivity index (χ2v) is 11.4. The lowest BCUT2D eigenvalue weighted by atomic mass is 9.79. The second kappa shape index (κ2) is 8.72. The Bertz CT molecular complexity index is 1590. The molecular formula is C31H28F2N4O2. The van der Waals surface area contributed by atoms with Gasteiger partial charge in [0.1, 0.15) is 17.5 Å². The molecule has 2 aromatic carbocycles. The maximum atomic E-state index is 14.1. The van der Waals surface area contributed by atoms with Crippen LogP contribution in [0.1, 0.15) is 48.6 Å². The van der Waals surface area contributed by atoms with Crippen LogP contribution in [0.5, 0.6) is 0 Å². The van der Waals surface area contributed by atoms with E-state index in [0.717, 1.165) is 28.3 Å². The molecule has 198 valence electrons. The summed E-state index contributed by atoms with van der Waals surface area (Å²) in [7, 11) is 0. The molecule has 1 aliphatic carbocycles. The molecule has 0 unspecified atom stereocenters. The van der Waals surface area contributed by atoms with E-state index < -0.39 is 28.1 Å². The van der Waals surface area contributed by atoms with E-state index in [-0.39, 0.29) is 18.4 Å².